The van der Waals surface area contributed by atoms with E-state index in [-0.39, 0.29) is 36.2 Å². The van der Waals surface area contributed by atoms with Gasteiger partial charge in [0, 0.05) is 12.6 Å². The molecule has 1 aromatic carbocycles. The summed E-state index contributed by atoms with van der Waals surface area (Å²) in [5.41, 5.74) is 0.673. The highest BCUT2D eigenvalue weighted by atomic mass is 35.5. The van der Waals surface area contributed by atoms with Crippen LogP contribution < -0.4 is 16.0 Å². The number of benzene rings is 1. The number of hydrogen-bond acceptors (Lipinski definition) is 6. The Bertz CT molecular complexity index is 1030. The first-order chi connectivity index (χ1) is 16.3. The zero-order valence-electron chi connectivity index (χ0n) is 18.2. The van der Waals surface area contributed by atoms with E-state index >= 15 is 0 Å². The van der Waals surface area contributed by atoms with Crippen molar-refractivity contribution in [2.24, 2.45) is 0 Å². The van der Waals surface area contributed by atoms with E-state index in [2.05, 4.69) is 33.5 Å². The van der Waals surface area contributed by atoms with Gasteiger partial charge in [0.15, 0.2) is 0 Å². The molecule has 34 heavy (non-hydrogen) atoms. The highest BCUT2D eigenvalue weighted by Crippen LogP contribution is 2.18. The Hall–Kier alpha value is -4.23. The number of carbonyl (C=O) groups is 4. The molecular formula is C23H24ClN3O7. The Kier molecular flexibility index (Phi) is 12.1. The summed E-state index contributed by atoms with van der Waals surface area (Å²) >= 11 is 6.16. The van der Waals surface area contributed by atoms with Gasteiger partial charge in [-0.15, -0.1) is 12.8 Å². The Morgan fingerprint density at radius 1 is 1.21 bits per heavy atom. The minimum Gasteiger partial charge on any atom is -0.480 e. The Morgan fingerprint density at radius 2 is 1.94 bits per heavy atom. The van der Waals surface area contributed by atoms with Crippen LogP contribution in [0.3, 0.4) is 0 Å². The molecule has 11 heteroatoms. The van der Waals surface area contributed by atoms with Crippen LogP contribution in [0.15, 0.2) is 47.1 Å². The van der Waals surface area contributed by atoms with E-state index in [0.717, 1.165) is 0 Å². The molecule has 0 aliphatic heterocycles. The fraction of sp³-hybridized carbons (Fsp3) is 0.217. The predicted molar refractivity (Wildman–Crippen MR) is 125 cm³/mol. The smallest absolute Gasteiger partial charge is 0.407 e. The molecule has 1 unspecified atom stereocenters. The molecule has 0 saturated carbocycles. The fourth-order valence-corrected chi connectivity index (χ4v) is 2.74. The summed E-state index contributed by atoms with van der Waals surface area (Å²) in [5, 5.41) is 16.5. The summed E-state index contributed by atoms with van der Waals surface area (Å²) in [6.45, 7) is 1.51. The minimum absolute atomic E-state index is 0.0434. The Labute approximate surface area is 201 Å². The molecule has 0 aliphatic carbocycles. The Balaban J connectivity index is 0.00000281. The van der Waals surface area contributed by atoms with Gasteiger partial charge >= 0.3 is 12.1 Å². The molecule has 0 fully saturated rings. The molecule has 0 radical (unpaired) electrons. The third kappa shape index (κ3) is 9.50. The van der Waals surface area contributed by atoms with E-state index in [9.17, 15) is 24.3 Å². The lowest BCUT2D eigenvalue weighted by Gasteiger charge is -2.16. The summed E-state index contributed by atoms with van der Waals surface area (Å²) in [6, 6.07) is 6.49. The third-order valence-corrected chi connectivity index (χ3v) is 4.33. The first-order valence-electron chi connectivity index (χ1n) is 9.85. The van der Waals surface area contributed by atoms with E-state index in [0.29, 0.717) is 11.3 Å². The van der Waals surface area contributed by atoms with Gasteiger partial charge in [0.2, 0.25) is 5.91 Å². The van der Waals surface area contributed by atoms with Crippen molar-refractivity contribution in [1.82, 2.24) is 16.0 Å². The highest BCUT2D eigenvalue weighted by Gasteiger charge is 2.23. The number of ether oxygens (including phenoxy) is 1. The maximum absolute atomic E-state index is 12.4. The number of carbonyl (C=O) groups excluding carboxylic acids is 3. The normalized spacial score (nSPS) is 10.9. The molecule has 0 aliphatic rings. The van der Waals surface area contributed by atoms with Crippen LogP contribution in [0.25, 0.3) is 6.08 Å². The van der Waals surface area contributed by atoms with Crippen LogP contribution in [0, 0.1) is 12.8 Å². The van der Waals surface area contributed by atoms with Gasteiger partial charge in [-0.2, -0.15) is 0 Å². The largest absolute Gasteiger partial charge is 0.480 e. The topological polar surface area (TPSA) is 147 Å². The molecule has 2 rings (SSSR count). The number of furan rings is 1. The summed E-state index contributed by atoms with van der Waals surface area (Å²) in [6.07, 6.45) is 11.5. The van der Waals surface area contributed by atoms with Gasteiger partial charge in [0.05, 0.1) is 30.0 Å². The van der Waals surface area contributed by atoms with E-state index in [4.69, 9.17) is 16.0 Å². The Morgan fingerprint density at radius 3 is 2.53 bits per heavy atom. The van der Waals surface area contributed by atoms with Crippen molar-refractivity contribution in [3.05, 3.63) is 64.6 Å². The molecule has 3 amide bonds. The van der Waals surface area contributed by atoms with Crippen molar-refractivity contribution in [3.63, 3.8) is 0 Å². The highest BCUT2D eigenvalue weighted by molar-refractivity contribution is 6.34. The molecule has 0 bridgehead atoms. The van der Waals surface area contributed by atoms with Gasteiger partial charge in [-0.3, -0.25) is 9.59 Å². The van der Waals surface area contributed by atoms with Crippen molar-refractivity contribution in [1.29, 1.82) is 0 Å². The van der Waals surface area contributed by atoms with Crippen LogP contribution in [0.5, 0.6) is 0 Å². The van der Waals surface area contributed by atoms with Gasteiger partial charge in [-0.1, -0.05) is 17.7 Å². The molecule has 1 atom stereocenters. The van der Waals surface area contributed by atoms with E-state index in [1.807, 2.05) is 0 Å². The van der Waals surface area contributed by atoms with Crippen molar-refractivity contribution in [2.75, 3.05) is 13.2 Å². The molecule has 2 aromatic rings. The zero-order valence-corrected chi connectivity index (χ0v) is 19.0. The second-order valence-electron chi connectivity index (χ2n) is 6.35. The minimum atomic E-state index is -1.39. The fourth-order valence-electron chi connectivity index (χ4n) is 2.45. The third-order valence-electron chi connectivity index (χ3n) is 4.02. The standard InChI is InChI=1S/C21H22ClN3O7.C2H2/c1-2-31-21(30)24-12-17(20(28)29)25-19(27)15-7-5-13(10-16(15)22)11-23-18(26)8-6-14-4-3-9-32-14;1-2/h3-10,17H,2,11-12H2,1H3,(H,23,26)(H,24,30)(H,25,27)(H,28,29);1-2H/b8-6+;. The number of amides is 3. The molecule has 0 spiro atoms. The summed E-state index contributed by atoms with van der Waals surface area (Å²) < 4.78 is 9.74. The maximum atomic E-state index is 12.4. The van der Waals surface area contributed by atoms with Crippen LogP contribution in [0.2, 0.25) is 5.02 Å². The van der Waals surface area contributed by atoms with Crippen molar-refractivity contribution in [2.45, 2.75) is 19.5 Å². The monoisotopic (exact) mass is 489 g/mol. The van der Waals surface area contributed by atoms with Gasteiger partial charge in [-0.25, -0.2) is 9.59 Å². The number of carboxylic acids is 1. The molecule has 10 nitrogen and oxygen atoms in total. The summed E-state index contributed by atoms with van der Waals surface area (Å²) in [7, 11) is 0. The zero-order chi connectivity index (χ0) is 25.5. The predicted octanol–water partition coefficient (Wildman–Crippen LogP) is 2.44. The lowest BCUT2D eigenvalue weighted by Crippen LogP contribution is -2.48. The number of carboxylic acid groups (broad SMARTS) is 1. The van der Waals surface area contributed by atoms with Crippen LogP contribution >= 0.6 is 11.6 Å². The summed E-state index contributed by atoms with van der Waals surface area (Å²) in [4.78, 5) is 47.0. The molecule has 180 valence electrons. The SMILES string of the molecule is C#C.CCOC(=O)NCC(NC(=O)c1ccc(CNC(=O)/C=C/c2ccco2)cc1Cl)C(=O)O. The molecule has 1 heterocycles. The van der Waals surface area contributed by atoms with E-state index in [1.165, 1.54) is 30.5 Å². The first kappa shape index (κ1) is 27.8. The van der Waals surface area contributed by atoms with Crippen LogP contribution in [-0.2, 0) is 20.9 Å². The maximum Gasteiger partial charge on any atom is 0.407 e. The second-order valence-corrected chi connectivity index (χ2v) is 6.75. The van der Waals surface area contributed by atoms with Crippen LogP contribution in [0.1, 0.15) is 28.6 Å². The lowest BCUT2D eigenvalue weighted by molar-refractivity contribution is -0.139. The number of halogens is 1. The lowest BCUT2D eigenvalue weighted by atomic mass is 10.1. The van der Waals surface area contributed by atoms with E-state index < -0.39 is 24.0 Å². The van der Waals surface area contributed by atoms with Gasteiger partial charge in [0.1, 0.15) is 11.8 Å². The van der Waals surface area contributed by atoms with Crippen LogP contribution in [-0.4, -0.2) is 48.2 Å². The quantitative estimate of drug-likeness (QED) is 0.296. The molecular weight excluding hydrogens is 466 g/mol. The number of hydrogen-bond donors (Lipinski definition) is 4. The van der Waals surface area contributed by atoms with Crippen molar-refractivity contribution >= 4 is 41.6 Å². The van der Waals surface area contributed by atoms with Crippen molar-refractivity contribution in [3.8, 4) is 12.8 Å². The van der Waals surface area contributed by atoms with Gasteiger partial charge in [0.25, 0.3) is 5.91 Å². The number of rotatable bonds is 10. The second kappa shape index (κ2) is 14.8. The average Bonchev–Trinajstić information content (AvgIpc) is 3.34. The van der Waals surface area contributed by atoms with Crippen molar-refractivity contribution < 1.29 is 33.4 Å². The number of terminal acetylenes is 1. The number of aliphatic carboxylic acids is 1. The average molecular weight is 490 g/mol. The first-order valence-corrected chi connectivity index (χ1v) is 10.2. The van der Waals surface area contributed by atoms with Crippen LogP contribution in [0.4, 0.5) is 4.79 Å². The molecule has 1 aromatic heterocycles. The van der Waals surface area contributed by atoms with Gasteiger partial charge in [-0.05, 0) is 42.8 Å². The number of alkyl carbamates (subject to hydrolysis) is 1. The van der Waals surface area contributed by atoms with Gasteiger partial charge < -0.3 is 30.2 Å². The summed E-state index contributed by atoms with van der Waals surface area (Å²) in [5.74, 6) is -1.88. The number of nitrogens with one attached hydrogen (secondary N) is 3. The molecule has 0 saturated heterocycles. The molecule has 4 N–H and O–H groups in total. The van der Waals surface area contributed by atoms with E-state index in [1.54, 1.807) is 25.1 Å².